The summed E-state index contributed by atoms with van der Waals surface area (Å²) in [4.78, 5) is 12.8. The number of benzene rings is 3. The van der Waals surface area contributed by atoms with Crippen LogP contribution in [-0.2, 0) is 0 Å². The molecule has 0 aliphatic carbocycles. The van der Waals surface area contributed by atoms with Gasteiger partial charge in [0, 0.05) is 11.8 Å². The van der Waals surface area contributed by atoms with E-state index in [1.54, 1.807) is 18.2 Å². The SMILES string of the molecule is CC(C)COc1cccc(NC(=S)NC(=O)c2ccccc2OCCOc2ccccc2)c1. The van der Waals surface area contributed by atoms with Crippen LogP contribution in [0.5, 0.6) is 17.2 Å². The van der Waals surface area contributed by atoms with Gasteiger partial charge >= 0.3 is 0 Å². The number of thiocarbonyl (C=S) groups is 1. The molecule has 0 saturated carbocycles. The van der Waals surface area contributed by atoms with E-state index in [4.69, 9.17) is 26.4 Å². The van der Waals surface area contributed by atoms with Gasteiger partial charge in [-0.05, 0) is 54.5 Å². The Kier molecular flexibility index (Phi) is 9.08. The molecule has 6 nitrogen and oxygen atoms in total. The van der Waals surface area contributed by atoms with Gasteiger partial charge in [-0.2, -0.15) is 0 Å². The number of rotatable bonds is 10. The quantitative estimate of drug-likeness (QED) is 0.313. The van der Waals surface area contributed by atoms with Gasteiger partial charge in [-0.1, -0.05) is 50.2 Å². The van der Waals surface area contributed by atoms with E-state index < -0.39 is 0 Å². The number of amides is 1. The number of para-hydroxylation sites is 2. The van der Waals surface area contributed by atoms with Crippen molar-refractivity contribution in [3.8, 4) is 17.2 Å². The minimum atomic E-state index is -0.362. The zero-order chi connectivity index (χ0) is 23.5. The molecule has 3 rings (SSSR count). The Hall–Kier alpha value is -3.58. The summed E-state index contributed by atoms with van der Waals surface area (Å²) in [6.45, 7) is 5.45. The largest absolute Gasteiger partial charge is 0.493 e. The lowest BCUT2D eigenvalue weighted by atomic mass is 10.2. The molecule has 0 unspecified atom stereocenters. The standard InChI is InChI=1S/C26H28N2O4S/c1-19(2)18-32-22-12-8-9-20(17-22)27-26(33)28-25(29)23-13-6-7-14-24(23)31-16-15-30-21-10-4-3-5-11-21/h3-14,17,19H,15-16,18H2,1-2H3,(H2,27,28,29,33). The van der Waals surface area contributed by atoms with Crippen molar-refractivity contribution in [1.82, 2.24) is 5.32 Å². The van der Waals surface area contributed by atoms with Gasteiger partial charge < -0.3 is 19.5 Å². The Morgan fingerprint density at radius 1 is 0.848 bits per heavy atom. The normalized spacial score (nSPS) is 10.4. The van der Waals surface area contributed by atoms with Gasteiger partial charge in [0.2, 0.25) is 0 Å². The molecule has 0 aromatic heterocycles. The maximum absolute atomic E-state index is 12.8. The van der Waals surface area contributed by atoms with E-state index in [2.05, 4.69) is 24.5 Å². The lowest BCUT2D eigenvalue weighted by Crippen LogP contribution is -2.34. The van der Waals surface area contributed by atoms with Gasteiger partial charge in [0.15, 0.2) is 5.11 Å². The third-order valence-corrected chi connectivity index (χ3v) is 4.59. The number of ether oxygens (including phenoxy) is 3. The summed E-state index contributed by atoms with van der Waals surface area (Å²) in [6, 6.07) is 23.9. The van der Waals surface area contributed by atoms with Crippen molar-refractivity contribution in [2.45, 2.75) is 13.8 Å². The first-order valence-electron chi connectivity index (χ1n) is 10.8. The molecule has 0 saturated heterocycles. The van der Waals surface area contributed by atoms with Crippen molar-refractivity contribution in [3.05, 3.63) is 84.4 Å². The van der Waals surface area contributed by atoms with E-state index in [-0.39, 0.29) is 11.0 Å². The van der Waals surface area contributed by atoms with Crippen LogP contribution < -0.4 is 24.8 Å². The average Bonchev–Trinajstić information content (AvgIpc) is 2.81. The lowest BCUT2D eigenvalue weighted by molar-refractivity contribution is 0.0972. The summed E-state index contributed by atoms with van der Waals surface area (Å²) < 4.78 is 17.1. The summed E-state index contributed by atoms with van der Waals surface area (Å²) in [5, 5.41) is 5.90. The molecule has 7 heteroatoms. The Morgan fingerprint density at radius 2 is 1.55 bits per heavy atom. The molecule has 2 N–H and O–H groups in total. The third kappa shape index (κ3) is 8.12. The smallest absolute Gasteiger partial charge is 0.261 e. The average molecular weight is 465 g/mol. The number of anilines is 1. The molecule has 0 aliphatic heterocycles. The highest BCUT2D eigenvalue weighted by atomic mass is 32.1. The van der Waals surface area contributed by atoms with Crippen molar-refractivity contribution < 1.29 is 19.0 Å². The molecule has 0 fully saturated rings. The van der Waals surface area contributed by atoms with Crippen LogP contribution in [0.3, 0.4) is 0 Å². The second-order valence-electron chi connectivity index (χ2n) is 7.65. The maximum Gasteiger partial charge on any atom is 0.261 e. The minimum Gasteiger partial charge on any atom is -0.493 e. The fourth-order valence-electron chi connectivity index (χ4n) is 2.87. The first-order valence-corrected chi connectivity index (χ1v) is 11.2. The molecule has 172 valence electrons. The zero-order valence-electron chi connectivity index (χ0n) is 18.7. The lowest BCUT2D eigenvalue weighted by Gasteiger charge is -2.14. The van der Waals surface area contributed by atoms with Gasteiger partial charge in [0.05, 0.1) is 12.2 Å². The summed E-state index contributed by atoms with van der Waals surface area (Å²) in [5.74, 6) is 2.02. The summed E-state index contributed by atoms with van der Waals surface area (Å²) in [5.41, 5.74) is 1.11. The molecular formula is C26H28N2O4S. The second-order valence-corrected chi connectivity index (χ2v) is 8.06. The summed E-state index contributed by atoms with van der Waals surface area (Å²) in [6.07, 6.45) is 0. The van der Waals surface area contributed by atoms with Gasteiger partial charge in [-0.15, -0.1) is 0 Å². The molecule has 3 aromatic rings. The highest BCUT2D eigenvalue weighted by Gasteiger charge is 2.14. The van der Waals surface area contributed by atoms with Crippen LogP contribution in [0, 0.1) is 5.92 Å². The zero-order valence-corrected chi connectivity index (χ0v) is 19.6. The van der Waals surface area contributed by atoms with E-state index in [9.17, 15) is 4.79 Å². The van der Waals surface area contributed by atoms with Crippen LogP contribution in [0.1, 0.15) is 24.2 Å². The van der Waals surface area contributed by atoms with E-state index in [0.29, 0.717) is 37.1 Å². The molecule has 3 aromatic carbocycles. The van der Waals surface area contributed by atoms with Crippen molar-refractivity contribution in [3.63, 3.8) is 0 Å². The first kappa shape index (κ1) is 24.1. The number of carbonyl (C=O) groups excluding carboxylic acids is 1. The predicted molar refractivity (Wildman–Crippen MR) is 134 cm³/mol. The van der Waals surface area contributed by atoms with E-state index in [0.717, 1.165) is 17.2 Å². The van der Waals surface area contributed by atoms with Crippen LogP contribution in [-0.4, -0.2) is 30.8 Å². The van der Waals surface area contributed by atoms with E-state index in [1.807, 2.05) is 60.7 Å². The molecule has 1 amide bonds. The Balaban J connectivity index is 1.52. The van der Waals surface area contributed by atoms with Crippen LogP contribution >= 0.6 is 12.2 Å². The van der Waals surface area contributed by atoms with Gasteiger partial charge in [-0.3, -0.25) is 10.1 Å². The molecule has 0 atom stereocenters. The van der Waals surface area contributed by atoms with Gasteiger partial charge in [0.25, 0.3) is 5.91 Å². The molecule has 0 bridgehead atoms. The predicted octanol–water partition coefficient (Wildman–Crippen LogP) is 5.31. The topological polar surface area (TPSA) is 68.8 Å². The second kappa shape index (κ2) is 12.5. The fraction of sp³-hybridized carbons (Fsp3) is 0.231. The fourth-order valence-corrected chi connectivity index (χ4v) is 3.08. The number of hydrogen-bond donors (Lipinski definition) is 2. The molecule has 0 aliphatic rings. The van der Waals surface area contributed by atoms with E-state index in [1.165, 1.54) is 0 Å². The molecule has 33 heavy (non-hydrogen) atoms. The Labute approximate surface area is 199 Å². The van der Waals surface area contributed by atoms with Crippen LogP contribution in [0.4, 0.5) is 5.69 Å². The highest BCUT2D eigenvalue weighted by molar-refractivity contribution is 7.80. The third-order valence-electron chi connectivity index (χ3n) is 4.39. The van der Waals surface area contributed by atoms with Gasteiger partial charge in [0.1, 0.15) is 30.5 Å². The van der Waals surface area contributed by atoms with Crippen molar-refractivity contribution >= 4 is 28.9 Å². The Bertz CT molecular complexity index is 1060. The van der Waals surface area contributed by atoms with Crippen molar-refractivity contribution in [2.24, 2.45) is 5.92 Å². The molecule has 0 heterocycles. The van der Waals surface area contributed by atoms with Crippen LogP contribution in [0.2, 0.25) is 0 Å². The number of nitrogens with one attached hydrogen (secondary N) is 2. The van der Waals surface area contributed by atoms with Crippen molar-refractivity contribution in [1.29, 1.82) is 0 Å². The maximum atomic E-state index is 12.8. The first-order chi connectivity index (χ1) is 16.0. The molecular weight excluding hydrogens is 436 g/mol. The van der Waals surface area contributed by atoms with Crippen molar-refractivity contribution in [2.75, 3.05) is 25.1 Å². The summed E-state index contributed by atoms with van der Waals surface area (Å²) in [7, 11) is 0. The number of hydrogen-bond acceptors (Lipinski definition) is 5. The summed E-state index contributed by atoms with van der Waals surface area (Å²) >= 11 is 5.32. The monoisotopic (exact) mass is 464 g/mol. The molecule has 0 spiro atoms. The van der Waals surface area contributed by atoms with Gasteiger partial charge in [-0.25, -0.2) is 0 Å². The minimum absolute atomic E-state index is 0.184. The Morgan fingerprint density at radius 3 is 2.33 bits per heavy atom. The van der Waals surface area contributed by atoms with Crippen LogP contribution in [0.15, 0.2) is 78.9 Å². The van der Waals surface area contributed by atoms with E-state index >= 15 is 0 Å². The highest BCUT2D eigenvalue weighted by Crippen LogP contribution is 2.20. The molecule has 0 radical (unpaired) electrons. The number of carbonyl (C=O) groups is 1. The van der Waals surface area contributed by atoms with Crippen LogP contribution in [0.25, 0.3) is 0 Å².